The van der Waals surface area contributed by atoms with Gasteiger partial charge in [-0.25, -0.2) is 23.6 Å². The van der Waals surface area contributed by atoms with Crippen LogP contribution in [-0.4, -0.2) is 42.1 Å². The van der Waals surface area contributed by atoms with Gasteiger partial charge in [-0.2, -0.15) is 13.5 Å². The summed E-state index contributed by atoms with van der Waals surface area (Å²) in [7, 11) is -4.35. The van der Waals surface area contributed by atoms with Crippen molar-refractivity contribution in [2.24, 2.45) is 5.14 Å². The number of ether oxygens (including phenoxy) is 1. The van der Waals surface area contributed by atoms with Crippen molar-refractivity contribution in [3.05, 3.63) is 51.8 Å². The van der Waals surface area contributed by atoms with Crippen LogP contribution >= 0.6 is 15.9 Å². The molecule has 1 aromatic carbocycles. The summed E-state index contributed by atoms with van der Waals surface area (Å²) in [6.45, 7) is 1.72. The Morgan fingerprint density at radius 2 is 2.12 bits per heavy atom. The zero-order chi connectivity index (χ0) is 23.9. The normalized spacial score (nSPS) is 16.8. The molecule has 1 atom stereocenters. The number of benzene rings is 1. The van der Waals surface area contributed by atoms with E-state index in [9.17, 15) is 17.6 Å². The average Bonchev–Trinajstić information content (AvgIpc) is 3.14. The third-order valence-corrected chi connectivity index (χ3v) is 6.82. The number of carbonyl (C=O) groups excluding carboxylic acids is 1. The Hall–Kier alpha value is -2.48. The van der Waals surface area contributed by atoms with E-state index in [1.165, 1.54) is 17.8 Å². The van der Waals surface area contributed by atoms with Gasteiger partial charge in [0.25, 0.3) is 10.2 Å². The van der Waals surface area contributed by atoms with Crippen LogP contribution in [0.25, 0.3) is 11.0 Å². The fourth-order valence-electron chi connectivity index (χ4n) is 3.83. The molecule has 2 N–H and O–H groups in total. The number of nitrogens with zero attached hydrogens (tertiary/aromatic N) is 4. The van der Waals surface area contributed by atoms with Gasteiger partial charge in [-0.1, -0.05) is 0 Å². The second-order valence-electron chi connectivity index (χ2n) is 7.43. The van der Waals surface area contributed by atoms with Crippen molar-refractivity contribution in [2.45, 2.75) is 32.4 Å². The van der Waals surface area contributed by atoms with Crippen molar-refractivity contribution in [3.8, 4) is 0 Å². The van der Waals surface area contributed by atoms with E-state index in [0.717, 1.165) is 25.0 Å². The van der Waals surface area contributed by atoms with Gasteiger partial charge in [-0.05, 0) is 60.3 Å². The fraction of sp³-hybridized carbons (Fsp3) is 0.350. The Kier molecular flexibility index (Phi) is 6.49. The van der Waals surface area contributed by atoms with Crippen molar-refractivity contribution in [2.75, 3.05) is 17.5 Å². The molecule has 0 spiro atoms. The van der Waals surface area contributed by atoms with Gasteiger partial charge in [0.2, 0.25) is 5.78 Å². The van der Waals surface area contributed by atoms with Gasteiger partial charge < -0.3 is 4.74 Å². The number of hydrogen-bond donors (Lipinski definition) is 1. The predicted molar refractivity (Wildman–Crippen MR) is 120 cm³/mol. The first-order chi connectivity index (χ1) is 15.6. The molecule has 1 aliphatic heterocycles. The average molecular weight is 544 g/mol. The molecule has 176 valence electrons. The van der Waals surface area contributed by atoms with Crippen LogP contribution in [0.2, 0.25) is 0 Å². The minimum atomic E-state index is -4.35. The quantitative estimate of drug-likeness (QED) is 0.475. The molecular formula is C20H20BrF2N5O4S. The first kappa shape index (κ1) is 23.7. The van der Waals surface area contributed by atoms with Gasteiger partial charge in [0.1, 0.15) is 11.5 Å². The van der Waals surface area contributed by atoms with E-state index >= 15 is 4.39 Å². The molecule has 4 rings (SSSR count). The van der Waals surface area contributed by atoms with E-state index in [1.54, 1.807) is 6.07 Å². The highest BCUT2D eigenvalue weighted by Gasteiger charge is 2.31. The maximum Gasteiger partial charge on any atom is 0.299 e. The Labute approximate surface area is 196 Å². The van der Waals surface area contributed by atoms with Gasteiger partial charge >= 0.3 is 0 Å². The lowest BCUT2D eigenvalue weighted by molar-refractivity contribution is -0.0371. The first-order valence-corrected chi connectivity index (χ1v) is 12.4. The third-order valence-electron chi connectivity index (χ3n) is 5.32. The SMILES string of the molecule is CCN(c1ccc(F)c(C(=O)c2nn(C3CCCCO3)c3ncc(Br)cc23)c1F)S(N)(=O)=O. The maximum atomic E-state index is 15.4. The van der Waals surface area contributed by atoms with Gasteiger partial charge in [-0.3, -0.25) is 9.10 Å². The van der Waals surface area contributed by atoms with Crippen molar-refractivity contribution in [1.29, 1.82) is 0 Å². The highest BCUT2D eigenvalue weighted by molar-refractivity contribution is 9.10. The number of aromatic nitrogens is 3. The van der Waals surface area contributed by atoms with Crippen LogP contribution in [0.1, 0.15) is 48.5 Å². The molecule has 33 heavy (non-hydrogen) atoms. The van der Waals surface area contributed by atoms with Crippen LogP contribution in [0, 0.1) is 11.6 Å². The van der Waals surface area contributed by atoms with Crippen molar-refractivity contribution < 1.29 is 26.7 Å². The molecule has 1 unspecified atom stereocenters. The molecular weight excluding hydrogens is 524 g/mol. The molecule has 0 amide bonds. The molecule has 3 aromatic rings. The van der Waals surface area contributed by atoms with Gasteiger partial charge in [0.05, 0.1) is 16.6 Å². The molecule has 0 saturated carbocycles. The highest BCUT2D eigenvalue weighted by Crippen LogP contribution is 2.32. The predicted octanol–water partition coefficient (Wildman–Crippen LogP) is 3.43. The van der Waals surface area contributed by atoms with Crippen LogP contribution in [-0.2, 0) is 14.9 Å². The molecule has 1 aliphatic rings. The second kappa shape index (κ2) is 9.05. The number of pyridine rings is 1. The number of fused-ring (bicyclic) bond motifs is 1. The van der Waals surface area contributed by atoms with E-state index in [2.05, 4.69) is 26.0 Å². The number of nitrogens with two attached hydrogens (primary N) is 1. The molecule has 0 aliphatic carbocycles. The molecule has 2 aromatic heterocycles. The van der Waals surface area contributed by atoms with Crippen molar-refractivity contribution >= 4 is 48.6 Å². The molecule has 9 nitrogen and oxygen atoms in total. The maximum absolute atomic E-state index is 15.4. The Balaban J connectivity index is 1.89. The van der Waals surface area contributed by atoms with E-state index in [-0.39, 0.29) is 17.6 Å². The lowest BCUT2D eigenvalue weighted by Gasteiger charge is -2.23. The van der Waals surface area contributed by atoms with Crippen LogP contribution in [0.3, 0.4) is 0 Å². The molecule has 0 radical (unpaired) electrons. The lowest BCUT2D eigenvalue weighted by Crippen LogP contribution is -2.37. The Morgan fingerprint density at radius 1 is 1.36 bits per heavy atom. The second-order valence-corrected chi connectivity index (χ2v) is 9.82. The smallest absolute Gasteiger partial charge is 0.299 e. The summed E-state index contributed by atoms with van der Waals surface area (Å²) < 4.78 is 62.1. The van der Waals surface area contributed by atoms with E-state index in [4.69, 9.17) is 9.88 Å². The third kappa shape index (κ3) is 4.37. The minimum absolute atomic E-state index is 0.220. The monoisotopic (exact) mass is 543 g/mol. The number of rotatable bonds is 6. The van der Waals surface area contributed by atoms with Crippen LogP contribution in [0.15, 0.2) is 28.9 Å². The number of carbonyl (C=O) groups is 1. The van der Waals surface area contributed by atoms with Crippen LogP contribution in [0.5, 0.6) is 0 Å². The molecule has 0 bridgehead atoms. The Bertz CT molecular complexity index is 1340. The van der Waals surface area contributed by atoms with Crippen molar-refractivity contribution in [3.63, 3.8) is 0 Å². The lowest BCUT2D eigenvalue weighted by atomic mass is 10.0. The summed E-state index contributed by atoms with van der Waals surface area (Å²) in [6, 6.07) is 3.31. The summed E-state index contributed by atoms with van der Waals surface area (Å²) >= 11 is 3.29. The van der Waals surface area contributed by atoms with Gasteiger partial charge in [-0.15, -0.1) is 0 Å². The summed E-state index contributed by atoms with van der Waals surface area (Å²) in [5.41, 5.74) is -1.39. The summed E-state index contributed by atoms with van der Waals surface area (Å²) in [6.07, 6.45) is 3.46. The number of ketones is 1. The topological polar surface area (TPSA) is 120 Å². The Morgan fingerprint density at radius 3 is 2.76 bits per heavy atom. The molecule has 3 heterocycles. The van der Waals surface area contributed by atoms with E-state index in [0.29, 0.717) is 27.5 Å². The van der Waals surface area contributed by atoms with Crippen LogP contribution in [0.4, 0.5) is 14.5 Å². The summed E-state index contributed by atoms with van der Waals surface area (Å²) in [5.74, 6) is -3.57. The first-order valence-electron chi connectivity index (χ1n) is 10.1. The zero-order valence-electron chi connectivity index (χ0n) is 17.5. The highest BCUT2D eigenvalue weighted by atomic mass is 79.9. The minimum Gasteiger partial charge on any atom is -0.356 e. The largest absolute Gasteiger partial charge is 0.356 e. The van der Waals surface area contributed by atoms with E-state index < -0.39 is 45.1 Å². The molecule has 1 saturated heterocycles. The summed E-state index contributed by atoms with van der Waals surface area (Å²) in [5, 5.41) is 9.75. The standard InChI is InChI=1S/C20H20BrF2N5O4S/c1-2-27(33(24,30)31)14-7-6-13(22)16(17(14)23)19(29)18-12-9-11(21)10-25-20(12)28(26-18)15-5-3-4-8-32-15/h6-7,9-10,15H,2-5,8H2,1H3,(H2,24,30,31). The fourth-order valence-corrected chi connectivity index (χ4v) is 4.94. The van der Waals surface area contributed by atoms with Crippen LogP contribution < -0.4 is 9.44 Å². The number of hydrogen-bond acceptors (Lipinski definition) is 6. The number of anilines is 1. The summed E-state index contributed by atoms with van der Waals surface area (Å²) in [4.78, 5) is 17.7. The van der Waals surface area contributed by atoms with Gasteiger partial charge in [0, 0.05) is 23.8 Å². The molecule has 13 heteroatoms. The zero-order valence-corrected chi connectivity index (χ0v) is 19.9. The van der Waals surface area contributed by atoms with Gasteiger partial charge in [0.15, 0.2) is 17.7 Å². The van der Waals surface area contributed by atoms with E-state index in [1.807, 2.05) is 0 Å². The van der Waals surface area contributed by atoms with Crippen molar-refractivity contribution in [1.82, 2.24) is 14.8 Å². The molecule has 1 fully saturated rings. The number of halogens is 3.